The second-order valence-corrected chi connectivity index (χ2v) is 6.74. The highest BCUT2D eigenvalue weighted by Gasteiger charge is 2.42. The number of carboxylic acids is 1. The summed E-state index contributed by atoms with van der Waals surface area (Å²) in [7, 11) is 0. The molecule has 0 atom stereocenters. The molecule has 21 heavy (non-hydrogen) atoms. The number of aliphatic carboxylic acids is 1. The molecular weight excluding hydrogens is 272 g/mol. The molecule has 6 nitrogen and oxygen atoms in total. The lowest BCUT2D eigenvalue weighted by Gasteiger charge is -2.43. The predicted molar refractivity (Wildman–Crippen MR) is 78.2 cm³/mol. The van der Waals surface area contributed by atoms with E-state index in [1.807, 2.05) is 25.7 Å². The lowest BCUT2D eigenvalue weighted by Crippen LogP contribution is -2.56. The van der Waals surface area contributed by atoms with Crippen molar-refractivity contribution in [1.29, 1.82) is 0 Å². The van der Waals surface area contributed by atoms with Crippen LogP contribution in [0.1, 0.15) is 40.0 Å². The highest BCUT2D eigenvalue weighted by atomic mass is 16.5. The minimum atomic E-state index is -0.732. The lowest BCUT2D eigenvalue weighted by atomic mass is 9.76. The summed E-state index contributed by atoms with van der Waals surface area (Å²) in [5.41, 5.74) is -0.959. The Balaban J connectivity index is 1.96. The summed E-state index contributed by atoms with van der Waals surface area (Å²) < 4.78 is 5.62. The van der Waals surface area contributed by atoms with E-state index in [0.717, 1.165) is 0 Å². The Hall–Kier alpha value is -1.30. The summed E-state index contributed by atoms with van der Waals surface area (Å²) >= 11 is 0. The molecule has 0 aromatic heterocycles. The standard InChI is InChI=1S/C15H26N2O4/c1-4-15(12(18)19)5-7-16(8-6-15)13(20)17-9-10-21-14(2,3)11-17/h4-11H2,1-3H3,(H,18,19). The number of amides is 2. The van der Waals surface area contributed by atoms with Crippen molar-refractivity contribution >= 4 is 12.0 Å². The zero-order valence-corrected chi connectivity index (χ0v) is 13.2. The lowest BCUT2D eigenvalue weighted by molar-refractivity contribution is -0.152. The third-order valence-corrected chi connectivity index (χ3v) is 4.82. The molecule has 2 rings (SSSR count). The van der Waals surface area contributed by atoms with E-state index < -0.39 is 11.4 Å². The number of carbonyl (C=O) groups excluding carboxylic acids is 1. The number of hydrogen-bond acceptors (Lipinski definition) is 3. The topological polar surface area (TPSA) is 70.1 Å². The summed E-state index contributed by atoms with van der Waals surface area (Å²) in [4.78, 5) is 27.6. The number of hydrogen-bond donors (Lipinski definition) is 1. The Kier molecular flexibility index (Phi) is 4.46. The number of ether oxygens (including phenoxy) is 1. The van der Waals surface area contributed by atoms with Crippen LogP contribution < -0.4 is 0 Å². The molecule has 2 amide bonds. The van der Waals surface area contributed by atoms with Gasteiger partial charge in [0.25, 0.3) is 0 Å². The first-order valence-corrected chi connectivity index (χ1v) is 7.71. The number of morpholine rings is 1. The molecule has 2 saturated heterocycles. The first-order chi connectivity index (χ1) is 9.80. The maximum atomic E-state index is 12.6. The largest absolute Gasteiger partial charge is 0.481 e. The first-order valence-electron chi connectivity index (χ1n) is 7.71. The van der Waals surface area contributed by atoms with Gasteiger partial charge in [0, 0.05) is 19.6 Å². The van der Waals surface area contributed by atoms with Crippen molar-refractivity contribution in [2.24, 2.45) is 5.41 Å². The molecule has 0 radical (unpaired) electrons. The third kappa shape index (κ3) is 3.31. The molecule has 120 valence electrons. The summed E-state index contributed by atoms with van der Waals surface area (Å²) in [5, 5.41) is 9.40. The highest BCUT2D eigenvalue weighted by Crippen LogP contribution is 2.35. The Morgan fingerprint density at radius 2 is 1.76 bits per heavy atom. The quantitative estimate of drug-likeness (QED) is 0.844. The van der Waals surface area contributed by atoms with E-state index in [-0.39, 0.29) is 11.6 Å². The number of nitrogens with zero attached hydrogens (tertiary/aromatic N) is 2. The van der Waals surface area contributed by atoms with E-state index in [9.17, 15) is 14.7 Å². The van der Waals surface area contributed by atoms with Crippen LogP contribution in [0, 0.1) is 5.41 Å². The third-order valence-electron chi connectivity index (χ3n) is 4.82. The molecule has 0 saturated carbocycles. The predicted octanol–water partition coefficient (Wildman–Crippen LogP) is 1.79. The van der Waals surface area contributed by atoms with Crippen molar-refractivity contribution in [2.45, 2.75) is 45.6 Å². The van der Waals surface area contributed by atoms with Crippen LogP contribution >= 0.6 is 0 Å². The van der Waals surface area contributed by atoms with Gasteiger partial charge in [-0.3, -0.25) is 4.79 Å². The van der Waals surface area contributed by atoms with Crippen LogP contribution in [0.15, 0.2) is 0 Å². The number of urea groups is 1. The van der Waals surface area contributed by atoms with Crippen molar-refractivity contribution in [3.8, 4) is 0 Å². The molecule has 0 aromatic rings. The van der Waals surface area contributed by atoms with Gasteiger partial charge in [-0.2, -0.15) is 0 Å². The monoisotopic (exact) mass is 298 g/mol. The van der Waals surface area contributed by atoms with Crippen molar-refractivity contribution in [3.05, 3.63) is 0 Å². The number of piperidine rings is 1. The summed E-state index contributed by atoms with van der Waals surface area (Å²) in [5.74, 6) is -0.732. The number of carbonyl (C=O) groups is 2. The fourth-order valence-corrected chi connectivity index (χ4v) is 3.22. The van der Waals surface area contributed by atoms with Gasteiger partial charge in [0.15, 0.2) is 0 Å². The normalized spacial score (nSPS) is 24.7. The average Bonchev–Trinajstić information content (AvgIpc) is 2.45. The minimum absolute atomic E-state index is 0.0152. The van der Waals surface area contributed by atoms with E-state index in [0.29, 0.717) is 52.0 Å². The zero-order chi connectivity index (χ0) is 15.7. The van der Waals surface area contributed by atoms with E-state index in [1.54, 1.807) is 4.90 Å². The Labute approximate surface area is 126 Å². The van der Waals surface area contributed by atoms with E-state index in [1.165, 1.54) is 0 Å². The van der Waals surface area contributed by atoms with Gasteiger partial charge < -0.3 is 19.6 Å². The smallest absolute Gasteiger partial charge is 0.320 e. The maximum Gasteiger partial charge on any atom is 0.320 e. The van der Waals surface area contributed by atoms with Gasteiger partial charge in [-0.05, 0) is 33.1 Å². The van der Waals surface area contributed by atoms with Gasteiger partial charge in [0.1, 0.15) is 0 Å². The molecular formula is C15H26N2O4. The molecule has 2 aliphatic rings. The fourth-order valence-electron chi connectivity index (χ4n) is 3.22. The van der Waals surface area contributed by atoms with Crippen LogP contribution in [0.5, 0.6) is 0 Å². The van der Waals surface area contributed by atoms with E-state index >= 15 is 0 Å². The van der Waals surface area contributed by atoms with Crippen LogP contribution in [-0.2, 0) is 9.53 Å². The fraction of sp³-hybridized carbons (Fsp3) is 0.867. The molecule has 1 N–H and O–H groups in total. The summed E-state index contributed by atoms with van der Waals surface area (Å²) in [6, 6.07) is 0.0152. The van der Waals surface area contributed by atoms with Crippen molar-refractivity contribution in [3.63, 3.8) is 0 Å². The van der Waals surface area contributed by atoms with Crippen LogP contribution in [0.4, 0.5) is 4.79 Å². The van der Waals surface area contributed by atoms with Crippen LogP contribution in [0.2, 0.25) is 0 Å². The average molecular weight is 298 g/mol. The summed E-state index contributed by atoms with van der Waals surface area (Å²) in [6.07, 6.45) is 1.70. The minimum Gasteiger partial charge on any atom is -0.481 e. The summed E-state index contributed by atoms with van der Waals surface area (Å²) in [6.45, 7) is 8.67. The molecule has 6 heteroatoms. The second-order valence-electron chi connectivity index (χ2n) is 6.74. The number of carboxylic acid groups (broad SMARTS) is 1. The van der Waals surface area contributed by atoms with Crippen LogP contribution in [-0.4, -0.2) is 65.3 Å². The van der Waals surface area contributed by atoms with Crippen LogP contribution in [0.25, 0.3) is 0 Å². The SMILES string of the molecule is CCC1(C(=O)O)CCN(C(=O)N2CCOC(C)(C)C2)CC1. The van der Waals surface area contributed by atoms with Crippen molar-refractivity contribution in [2.75, 3.05) is 32.8 Å². The number of rotatable bonds is 2. The van der Waals surface area contributed by atoms with Crippen molar-refractivity contribution < 1.29 is 19.4 Å². The molecule has 2 heterocycles. The molecule has 2 fully saturated rings. The molecule has 0 aliphatic carbocycles. The highest BCUT2D eigenvalue weighted by molar-refractivity contribution is 5.77. The molecule has 0 unspecified atom stereocenters. The van der Waals surface area contributed by atoms with Gasteiger partial charge in [0.2, 0.25) is 0 Å². The van der Waals surface area contributed by atoms with Crippen molar-refractivity contribution in [1.82, 2.24) is 9.80 Å². The Morgan fingerprint density at radius 1 is 1.14 bits per heavy atom. The second kappa shape index (κ2) is 5.83. The Morgan fingerprint density at radius 3 is 2.24 bits per heavy atom. The van der Waals surface area contributed by atoms with Gasteiger partial charge in [0.05, 0.1) is 24.2 Å². The molecule has 2 aliphatic heterocycles. The Bertz CT molecular complexity index is 414. The van der Waals surface area contributed by atoms with Gasteiger partial charge in [-0.25, -0.2) is 4.79 Å². The first kappa shape index (κ1) is 16.1. The van der Waals surface area contributed by atoms with Gasteiger partial charge in [-0.1, -0.05) is 6.92 Å². The van der Waals surface area contributed by atoms with Gasteiger partial charge >= 0.3 is 12.0 Å². The molecule has 0 spiro atoms. The van der Waals surface area contributed by atoms with Gasteiger partial charge in [-0.15, -0.1) is 0 Å². The van der Waals surface area contributed by atoms with E-state index in [4.69, 9.17) is 4.74 Å². The molecule has 0 aromatic carbocycles. The molecule has 0 bridgehead atoms. The zero-order valence-electron chi connectivity index (χ0n) is 13.2. The maximum absolute atomic E-state index is 12.6. The number of likely N-dealkylation sites (tertiary alicyclic amines) is 1. The van der Waals surface area contributed by atoms with Crippen LogP contribution in [0.3, 0.4) is 0 Å². The van der Waals surface area contributed by atoms with E-state index in [2.05, 4.69) is 0 Å².